The lowest BCUT2D eigenvalue weighted by atomic mass is 9.80. The molecule has 1 N–H and O–H groups in total. The van der Waals surface area contributed by atoms with Gasteiger partial charge in [0.1, 0.15) is 0 Å². The average Bonchev–Trinajstić information content (AvgIpc) is 2.35. The molecule has 0 unspecified atom stereocenters. The van der Waals surface area contributed by atoms with Crippen molar-refractivity contribution in [2.24, 2.45) is 0 Å². The molecule has 1 aromatic rings. The number of hydrogen-bond donors (Lipinski definition) is 1. The van der Waals surface area contributed by atoms with E-state index in [-0.39, 0.29) is 4.90 Å². The third-order valence-corrected chi connectivity index (χ3v) is 5.09. The second-order valence-corrected chi connectivity index (χ2v) is 7.27. The molecule has 0 amide bonds. The molecule has 0 aliphatic carbocycles. The largest absolute Gasteiger partial charge is 0.490 e. The lowest BCUT2D eigenvalue weighted by Gasteiger charge is -2.31. The molecule has 5 nitrogen and oxygen atoms in total. The molecule has 0 bridgehead atoms. The van der Waals surface area contributed by atoms with E-state index < -0.39 is 22.7 Å². The topological polar surface area (TPSA) is 66.8 Å². The molecule has 0 aromatic heterocycles. The van der Waals surface area contributed by atoms with Crippen LogP contribution in [0.1, 0.15) is 20.8 Å². The van der Waals surface area contributed by atoms with Crippen LogP contribution in [0.3, 0.4) is 0 Å². The fourth-order valence-corrected chi connectivity index (χ4v) is 3.06. The number of benzene rings is 1. The van der Waals surface area contributed by atoms with E-state index in [0.29, 0.717) is 5.46 Å². The highest BCUT2D eigenvalue weighted by atomic mass is 32.2. The third kappa shape index (κ3) is 3.57. The Balaban J connectivity index is 3.23. The Morgan fingerprint density at radius 3 is 2.37 bits per heavy atom. The van der Waals surface area contributed by atoms with Crippen molar-refractivity contribution >= 4 is 22.6 Å². The summed E-state index contributed by atoms with van der Waals surface area (Å²) >= 11 is 0. The van der Waals surface area contributed by atoms with Gasteiger partial charge < -0.3 is 9.68 Å². The molecular formula is C12H20BNO4S. The first-order chi connectivity index (χ1) is 8.60. The minimum atomic E-state index is -3.59. The van der Waals surface area contributed by atoms with Crippen molar-refractivity contribution in [3.63, 3.8) is 0 Å². The highest BCUT2D eigenvalue weighted by Crippen LogP contribution is 2.21. The molecule has 1 rings (SSSR count). The molecule has 0 saturated carbocycles. The van der Waals surface area contributed by atoms with Crippen molar-refractivity contribution in [1.29, 1.82) is 0 Å². The lowest BCUT2D eigenvalue weighted by Crippen LogP contribution is -2.43. The van der Waals surface area contributed by atoms with Crippen molar-refractivity contribution in [2.75, 3.05) is 14.2 Å². The van der Waals surface area contributed by atoms with Gasteiger partial charge in [-0.1, -0.05) is 12.1 Å². The maximum atomic E-state index is 12.4. The summed E-state index contributed by atoms with van der Waals surface area (Å²) in [6.45, 7) is 5.45. The minimum Gasteiger partial charge on any atom is -0.423 e. The van der Waals surface area contributed by atoms with E-state index in [0.717, 1.165) is 0 Å². The van der Waals surface area contributed by atoms with E-state index in [2.05, 4.69) is 0 Å². The Bertz CT molecular complexity index is 539. The minimum absolute atomic E-state index is 0.138. The van der Waals surface area contributed by atoms with Crippen LogP contribution in [0.5, 0.6) is 0 Å². The molecule has 0 aliphatic rings. The van der Waals surface area contributed by atoms with Crippen molar-refractivity contribution in [3.05, 3.63) is 24.3 Å². The summed E-state index contributed by atoms with van der Waals surface area (Å²) in [6, 6.07) is 6.13. The Hall–Kier alpha value is -0.885. The maximum absolute atomic E-state index is 12.4. The second kappa shape index (κ2) is 5.62. The van der Waals surface area contributed by atoms with Crippen LogP contribution < -0.4 is 5.46 Å². The van der Waals surface area contributed by atoms with Crippen LogP contribution in [0.4, 0.5) is 0 Å². The molecule has 0 heterocycles. The van der Waals surface area contributed by atoms with Crippen LogP contribution in [0.25, 0.3) is 0 Å². The number of hydrogen-bond acceptors (Lipinski definition) is 4. The quantitative estimate of drug-likeness (QED) is 0.815. The summed E-state index contributed by atoms with van der Waals surface area (Å²) in [5.74, 6) is 0. The summed E-state index contributed by atoms with van der Waals surface area (Å²) in [4.78, 5) is 0.138. The van der Waals surface area contributed by atoms with Gasteiger partial charge in [0.05, 0.1) is 4.90 Å². The first kappa shape index (κ1) is 16.2. The van der Waals surface area contributed by atoms with Crippen molar-refractivity contribution in [1.82, 2.24) is 4.31 Å². The van der Waals surface area contributed by atoms with E-state index >= 15 is 0 Å². The molecule has 106 valence electrons. The monoisotopic (exact) mass is 285 g/mol. The standard InChI is InChI=1S/C12H20BNO4S/c1-12(2,3)14(4)19(16,17)11-8-6-7-10(9-11)13(15)18-5/h6-9,15H,1-5H3. The maximum Gasteiger partial charge on any atom is 0.490 e. The van der Waals surface area contributed by atoms with Gasteiger partial charge in [-0.15, -0.1) is 0 Å². The Labute approximate surface area is 115 Å². The summed E-state index contributed by atoms with van der Waals surface area (Å²) in [5, 5.41) is 9.59. The van der Waals surface area contributed by atoms with Crippen molar-refractivity contribution in [3.8, 4) is 0 Å². The van der Waals surface area contributed by atoms with Gasteiger partial charge >= 0.3 is 7.12 Å². The summed E-state index contributed by atoms with van der Waals surface area (Å²) in [5.41, 5.74) is -0.111. The summed E-state index contributed by atoms with van der Waals surface area (Å²) < 4.78 is 31.0. The van der Waals surface area contributed by atoms with Gasteiger partial charge in [0.25, 0.3) is 0 Å². The highest BCUT2D eigenvalue weighted by Gasteiger charge is 2.31. The van der Waals surface area contributed by atoms with Gasteiger partial charge in [-0.3, -0.25) is 0 Å². The van der Waals surface area contributed by atoms with Crippen LogP contribution in [0.2, 0.25) is 0 Å². The highest BCUT2D eigenvalue weighted by molar-refractivity contribution is 7.89. The zero-order chi connectivity index (χ0) is 14.8. The fourth-order valence-electron chi connectivity index (χ4n) is 1.48. The number of nitrogens with zero attached hydrogens (tertiary/aromatic N) is 1. The second-order valence-electron chi connectivity index (χ2n) is 5.30. The summed E-state index contributed by atoms with van der Waals surface area (Å²) in [7, 11) is -1.83. The van der Waals surface area contributed by atoms with Crippen LogP contribution in [0, 0.1) is 0 Å². The van der Waals surface area contributed by atoms with E-state index in [4.69, 9.17) is 4.65 Å². The van der Waals surface area contributed by atoms with Gasteiger partial charge in [-0.25, -0.2) is 8.42 Å². The first-order valence-corrected chi connectivity index (χ1v) is 7.34. The molecule has 0 radical (unpaired) electrons. The molecule has 0 spiro atoms. The zero-order valence-electron chi connectivity index (χ0n) is 11.9. The fraction of sp³-hybridized carbons (Fsp3) is 0.500. The Morgan fingerprint density at radius 2 is 1.89 bits per heavy atom. The predicted octanol–water partition coefficient (Wildman–Crippen LogP) is 0.439. The molecule has 0 aliphatic heterocycles. The molecule has 1 aromatic carbocycles. The third-order valence-electron chi connectivity index (χ3n) is 2.97. The van der Waals surface area contributed by atoms with Gasteiger partial charge in [0.2, 0.25) is 10.0 Å². The van der Waals surface area contributed by atoms with E-state index in [9.17, 15) is 13.4 Å². The van der Waals surface area contributed by atoms with Gasteiger partial charge in [0.15, 0.2) is 0 Å². The predicted molar refractivity (Wildman–Crippen MR) is 75.8 cm³/mol. The van der Waals surface area contributed by atoms with Gasteiger partial charge in [-0.2, -0.15) is 4.31 Å². The number of sulfonamides is 1. The lowest BCUT2D eigenvalue weighted by molar-refractivity contribution is 0.292. The molecule has 19 heavy (non-hydrogen) atoms. The molecule has 7 heteroatoms. The normalized spacial score (nSPS) is 12.8. The number of rotatable bonds is 4. The van der Waals surface area contributed by atoms with Gasteiger partial charge in [-0.05, 0) is 38.4 Å². The van der Waals surface area contributed by atoms with Crippen LogP contribution in [-0.4, -0.2) is 44.6 Å². The van der Waals surface area contributed by atoms with E-state index in [1.54, 1.807) is 12.1 Å². The van der Waals surface area contributed by atoms with Crippen LogP contribution in [0.15, 0.2) is 29.2 Å². The molecule has 0 atom stereocenters. The molecule has 0 saturated heterocycles. The van der Waals surface area contributed by atoms with Crippen molar-refractivity contribution in [2.45, 2.75) is 31.2 Å². The van der Waals surface area contributed by atoms with Crippen LogP contribution >= 0.6 is 0 Å². The first-order valence-electron chi connectivity index (χ1n) is 5.90. The summed E-state index contributed by atoms with van der Waals surface area (Å²) in [6.07, 6.45) is 0. The Kier molecular flexibility index (Phi) is 4.79. The van der Waals surface area contributed by atoms with E-state index in [1.807, 2.05) is 20.8 Å². The molecule has 0 fully saturated rings. The van der Waals surface area contributed by atoms with Crippen molar-refractivity contribution < 1.29 is 18.1 Å². The van der Waals surface area contributed by atoms with Crippen LogP contribution in [-0.2, 0) is 14.7 Å². The van der Waals surface area contributed by atoms with E-state index in [1.165, 1.54) is 30.6 Å². The SMILES string of the molecule is COB(O)c1cccc(S(=O)(=O)N(C)C(C)(C)C)c1. The average molecular weight is 285 g/mol. The molecular weight excluding hydrogens is 265 g/mol. The smallest absolute Gasteiger partial charge is 0.423 e. The Morgan fingerprint density at radius 1 is 1.32 bits per heavy atom. The zero-order valence-corrected chi connectivity index (χ0v) is 12.7. The van der Waals surface area contributed by atoms with Gasteiger partial charge in [0, 0.05) is 19.7 Å².